The van der Waals surface area contributed by atoms with Gasteiger partial charge in [0, 0.05) is 17.6 Å². The van der Waals surface area contributed by atoms with Crippen molar-refractivity contribution in [2.45, 2.75) is 25.2 Å². The van der Waals surface area contributed by atoms with E-state index in [-0.39, 0.29) is 17.9 Å². The van der Waals surface area contributed by atoms with E-state index in [1.165, 1.54) is 26.0 Å². The van der Waals surface area contributed by atoms with Crippen molar-refractivity contribution in [2.24, 2.45) is 0 Å². The maximum absolute atomic E-state index is 12.0. The second-order valence-electron chi connectivity index (χ2n) is 4.98. The molecule has 0 bridgehead atoms. The van der Waals surface area contributed by atoms with Crippen LogP contribution in [0.25, 0.3) is 3.58 Å². The zero-order valence-corrected chi connectivity index (χ0v) is 15.0. The first-order valence-electron chi connectivity index (χ1n) is 6.70. The van der Waals surface area contributed by atoms with Crippen LogP contribution in [0.4, 0.5) is 0 Å². The number of esters is 1. The molecule has 1 aromatic carbocycles. The smallest absolute Gasteiger partial charge is 0.303 e. The molecule has 0 radical (unpaired) electrons. The molecule has 0 aromatic heterocycles. The molecule has 2 aliphatic heterocycles. The molecule has 7 heteroatoms. The molecule has 2 aliphatic rings. The highest BCUT2D eigenvalue weighted by Gasteiger charge is 2.60. The summed E-state index contributed by atoms with van der Waals surface area (Å²) in [6, 6.07) is 9.58. The molecule has 1 amide bonds. The third-order valence-corrected chi connectivity index (χ3v) is 6.42. The molecular formula is C15H14INO4S. The van der Waals surface area contributed by atoms with Crippen molar-refractivity contribution in [1.82, 2.24) is 4.31 Å². The molecule has 0 aliphatic carbocycles. The number of hydrogen-bond donors (Lipinski definition) is 0. The maximum atomic E-state index is 12.0. The average molecular weight is 431 g/mol. The minimum atomic E-state index is -0.547. The molecule has 0 N–H and O–H groups in total. The van der Waals surface area contributed by atoms with Crippen molar-refractivity contribution < 1.29 is 19.1 Å². The van der Waals surface area contributed by atoms with E-state index < -0.39 is 12.2 Å². The highest BCUT2D eigenvalue weighted by Crippen LogP contribution is 2.51. The molecule has 116 valence electrons. The number of rotatable bonds is 3. The van der Waals surface area contributed by atoms with Crippen molar-refractivity contribution in [3.63, 3.8) is 0 Å². The van der Waals surface area contributed by atoms with Crippen LogP contribution < -0.4 is 0 Å². The minimum absolute atomic E-state index is 0.0816. The van der Waals surface area contributed by atoms with Gasteiger partial charge in [-0.1, -0.05) is 30.3 Å². The summed E-state index contributed by atoms with van der Waals surface area (Å²) in [5.74, 6) is -0.446. The molecule has 0 unspecified atom stereocenters. The summed E-state index contributed by atoms with van der Waals surface area (Å²) in [4.78, 5) is 24.4. The Morgan fingerprint density at radius 2 is 1.95 bits per heavy atom. The summed E-state index contributed by atoms with van der Waals surface area (Å²) >= 11 is 3.57. The Hall–Kier alpha value is -1.06. The fraction of sp³-hybridized carbons (Fsp3) is 0.333. The normalized spacial score (nSPS) is 29.0. The number of benzene rings is 1. The number of ether oxygens (including phenoxy) is 2. The quantitative estimate of drug-likeness (QED) is 0.319. The van der Waals surface area contributed by atoms with Gasteiger partial charge in [0.15, 0.2) is 12.2 Å². The first-order chi connectivity index (χ1) is 10.5. The Labute approximate surface area is 146 Å². The van der Waals surface area contributed by atoms with Crippen LogP contribution in [0.3, 0.4) is 0 Å². The minimum Gasteiger partial charge on any atom is -0.455 e. The third kappa shape index (κ3) is 2.55. The van der Waals surface area contributed by atoms with Crippen molar-refractivity contribution in [3.05, 3.63) is 40.8 Å². The van der Waals surface area contributed by atoms with E-state index in [1.54, 1.807) is 4.31 Å². The van der Waals surface area contributed by atoms with Crippen LogP contribution in [0, 0.1) is 0 Å². The first kappa shape index (κ1) is 15.8. The monoisotopic (exact) mass is 431 g/mol. The molecule has 3 atom stereocenters. The van der Waals surface area contributed by atoms with Gasteiger partial charge in [0.25, 0.3) is 5.91 Å². The molecule has 1 aromatic rings. The Bertz CT molecular complexity index is 648. The van der Waals surface area contributed by atoms with Crippen LogP contribution in [-0.4, -0.2) is 41.5 Å². The number of β-lactam (4-membered cyclic amide) rings is 1. The Kier molecular flexibility index (Phi) is 4.47. The summed E-state index contributed by atoms with van der Waals surface area (Å²) < 4.78 is 13.3. The van der Waals surface area contributed by atoms with E-state index in [9.17, 15) is 9.59 Å². The fourth-order valence-electron chi connectivity index (χ4n) is 2.59. The van der Waals surface area contributed by atoms with E-state index >= 15 is 0 Å². The topological polar surface area (TPSA) is 55.8 Å². The fourth-order valence-corrected chi connectivity index (χ4v) is 4.79. The molecule has 2 fully saturated rings. The number of methoxy groups -OCH3 is 1. The van der Waals surface area contributed by atoms with Gasteiger partial charge in [-0.3, -0.25) is 13.9 Å². The Morgan fingerprint density at radius 3 is 2.55 bits per heavy atom. The maximum Gasteiger partial charge on any atom is 0.303 e. The summed E-state index contributed by atoms with van der Waals surface area (Å²) in [6.45, 7) is 1.38. The van der Waals surface area contributed by atoms with Crippen LogP contribution in [0.15, 0.2) is 35.2 Å². The summed E-state index contributed by atoms with van der Waals surface area (Å²) in [6.07, 6.45) is -1.02. The number of fused-ring (bicyclic) bond motifs is 1. The highest BCUT2D eigenvalue weighted by molar-refractivity contribution is 14.1. The van der Waals surface area contributed by atoms with Gasteiger partial charge < -0.3 is 9.47 Å². The Balaban J connectivity index is 1.99. The lowest BCUT2D eigenvalue weighted by molar-refractivity contribution is -0.169. The van der Waals surface area contributed by atoms with E-state index in [1.807, 2.05) is 30.3 Å². The lowest BCUT2D eigenvalue weighted by atomic mass is 9.95. The number of halogens is 1. The lowest BCUT2D eigenvalue weighted by Gasteiger charge is -2.40. The second-order valence-corrected chi connectivity index (χ2v) is 7.07. The molecule has 2 saturated heterocycles. The zero-order valence-electron chi connectivity index (χ0n) is 12.0. The summed E-state index contributed by atoms with van der Waals surface area (Å²) in [5.41, 5.74) is 1.03. The van der Waals surface area contributed by atoms with Gasteiger partial charge in [0.2, 0.25) is 0 Å². The van der Waals surface area contributed by atoms with Gasteiger partial charge in [-0.15, -0.1) is 0 Å². The van der Waals surface area contributed by atoms with Crippen LogP contribution in [0.2, 0.25) is 0 Å². The average Bonchev–Trinajstić information content (AvgIpc) is 2.82. The third-order valence-electron chi connectivity index (χ3n) is 3.60. The molecule has 2 heterocycles. The standard InChI is InChI=1S/C15H14INO4S/c1-8(18)21-12-11-13(20-2)15(19)17(11)22-14(12)10(16)9-6-4-3-5-7-9/h3-7,11-13H,1-2H3/b14-10+/t11-,12-,13+/m0/s1. The van der Waals surface area contributed by atoms with Gasteiger partial charge in [0.05, 0.1) is 4.91 Å². The van der Waals surface area contributed by atoms with Gasteiger partial charge in [-0.25, -0.2) is 0 Å². The van der Waals surface area contributed by atoms with Crippen molar-refractivity contribution in [1.29, 1.82) is 0 Å². The number of carbonyl (C=O) groups is 2. The second kappa shape index (κ2) is 6.21. The number of carbonyl (C=O) groups excluding carboxylic acids is 2. The van der Waals surface area contributed by atoms with E-state index in [0.29, 0.717) is 0 Å². The van der Waals surface area contributed by atoms with Gasteiger partial charge >= 0.3 is 5.97 Å². The highest BCUT2D eigenvalue weighted by atomic mass is 127. The van der Waals surface area contributed by atoms with Gasteiger partial charge in [-0.2, -0.15) is 0 Å². The van der Waals surface area contributed by atoms with Crippen LogP contribution in [0.5, 0.6) is 0 Å². The van der Waals surface area contributed by atoms with Crippen molar-refractivity contribution in [2.75, 3.05) is 7.11 Å². The molecule has 3 rings (SSSR count). The first-order valence-corrected chi connectivity index (χ1v) is 8.56. The predicted octanol–water partition coefficient (Wildman–Crippen LogP) is 2.61. The number of nitrogens with zero attached hydrogens (tertiary/aromatic N) is 1. The predicted molar refractivity (Wildman–Crippen MR) is 92.0 cm³/mol. The van der Waals surface area contributed by atoms with Crippen molar-refractivity contribution in [3.8, 4) is 0 Å². The van der Waals surface area contributed by atoms with Gasteiger partial charge in [-0.05, 0) is 40.1 Å². The number of amides is 1. The number of hydrogen-bond acceptors (Lipinski definition) is 5. The van der Waals surface area contributed by atoms with E-state index in [4.69, 9.17) is 9.47 Å². The zero-order chi connectivity index (χ0) is 15.9. The summed E-state index contributed by atoms with van der Waals surface area (Å²) in [7, 11) is 1.50. The SMILES string of the molecule is CO[C@H]1C(=O)N2S/C(=C(/I)c3ccccc3)[C@@H](OC(C)=O)[C@@H]12. The lowest BCUT2D eigenvalue weighted by Crippen LogP contribution is -2.63. The Morgan fingerprint density at radius 1 is 1.27 bits per heavy atom. The van der Waals surface area contributed by atoms with E-state index in [2.05, 4.69) is 22.6 Å². The summed E-state index contributed by atoms with van der Waals surface area (Å²) in [5, 5.41) is 0. The molecular weight excluding hydrogens is 417 g/mol. The van der Waals surface area contributed by atoms with Crippen molar-refractivity contribution >= 4 is 50.0 Å². The van der Waals surface area contributed by atoms with Gasteiger partial charge in [0.1, 0.15) is 6.04 Å². The molecule has 0 saturated carbocycles. The van der Waals surface area contributed by atoms with Crippen LogP contribution >= 0.6 is 34.5 Å². The van der Waals surface area contributed by atoms with E-state index in [0.717, 1.165) is 14.0 Å². The largest absolute Gasteiger partial charge is 0.455 e. The molecule has 0 spiro atoms. The molecule has 5 nitrogen and oxygen atoms in total. The van der Waals surface area contributed by atoms with Crippen LogP contribution in [-0.2, 0) is 19.1 Å². The van der Waals surface area contributed by atoms with Crippen LogP contribution in [0.1, 0.15) is 12.5 Å². The molecule has 22 heavy (non-hydrogen) atoms.